The summed E-state index contributed by atoms with van der Waals surface area (Å²) in [5, 5.41) is 6.09. The van der Waals surface area contributed by atoms with Gasteiger partial charge in [-0.3, -0.25) is 4.99 Å². The van der Waals surface area contributed by atoms with Crippen molar-refractivity contribution in [2.24, 2.45) is 10.9 Å². The van der Waals surface area contributed by atoms with Crippen LogP contribution in [-0.2, 0) is 14.6 Å². The third kappa shape index (κ3) is 7.29. The maximum Gasteiger partial charge on any atom is 0.191 e. The number of nitrogens with one attached hydrogen (secondary N) is 2. The van der Waals surface area contributed by atoms with Gasteiger partial charge in [-0.1, -0.05) is 26.0 Å². The van der Waals surface area contributed by atoms with E-state index in [0.29, 0.717) is 25.0 Å². The summed E-state index contributed by atoms with van der Waals surface area (Å²) in [4.78, 5) is 3.79. The average Bonchev–Trinajstić information content (AvgIpc) is 2.59. The van der Waals surface area contributed by atoms with Gasteiger partial charge in [0.25, 0.3) is 0 Å². The number of rotatable bonds is 10. The summed E-state index contributed by atoms with van der Waals surface area (Å²) in [6, 6.07) is 5.39. The fourth-order valence-electron chi connectivity index (χ4n) is 2.49. The quantitative estimate of drug-likeness (QED) is 0.475. The van der Waals surface area contributed by atoms with Crippen molar-refractivity contribution >= 4 is 15.8 Å². The lowest BCUT2D eigenvalue weighted by atomic mass is 10.0. The molecule has 2 N–H and O–H groups in total. The normalized spacial score (nSPS) is 13.7. The van der Waals surface area contributed by atoms with E-state index in [1.54, 1.807) is 7.05 Å². The van der Waals surface area contributed by atoms with Crippen molar-refractivity contribution in [3.8, 4) is 0 Å². The van der Waals surface area contributed by atoms with Crippen molar-refractivity contribution in [2.45, 2.75) is 38.2 Å². The summed E-state index contributed by atoms with van der Waals surface area (Å²) >= 11 is 0. The van der Waals surface area contributed by atoms with Crippen LogP contribution in [0.2, 0.25) is 0 Å². The number of nitrogens with zero attached hydrogens (tertiary/aromatic N) is 1. The summed E-state index contributed by atoms with van der Waals surface area (Å²) in [7, 11) is -2.07. The molecule has 0 bridgehead atoms. The second-order valence-corrected chi connectivity index (χ2v) is 8.28. The number of aliphatic imine (C=N–C) groups is 1. The number of guanidine groups is 1. The number of halogens is 1. The Balaban J connectivity index is 2.46. The highest BCUT2D eigenvalue weighted by Gasteiger charge is 2.18. The van der Waals surface area contributed by atoms with Crippen LogP contribution < -0.4 is 10.6 Å². The van der Waals surface area contributed by atoms with Gasteiger partial charge in [-0.2, -0.15) is 0 Å². The number of benzene rings is 1. The first-order chi connectivity index (χ1) is 12.3. The molecule has 0 aliphatic heterocycles. The van der Waals surface area contributed by atoms with E-state index in [9.17, 15) is 12.8 Å². The van der Waals surface area contributed by atoms with Crippen LogP contribution in [0, 0.1) is 11.7 Å². The molecule has 148 valence electrons. The number of hydrogen-bond donors (Lipinski definition) is 2. The van der Waals surface area contributed by atoms with Crippen LogP contribution in [0.3, 0.4) is 0 Å². The van der Waals surface area contributed by atoms with Crippen molar-refractivity contribution in [1.82, 2.24) is 10.6 Å². The highest BCUT2D eigenvalue weighted by molar-refractivity contribution is 7.91. The maximum atomic E-state index is 13.7. The largest absolute Gasteiger partial charge is 0.378 e. The Bertz CT molecular complexity index is 678. The third-order valence-corrected chi connectivity index (χ3v) is 5.65. The van der Waals surface area contributed by atoms with Gasteiger partial charge in [-0.15, -0.1) is 0 Å². The molecule has 0 spiro atoms. The van der Waals surface area contributed by atoms with Gasteiger partial charge < -0.3 is 15.4 Å². The standard InChI is InChI=1S/C18H30FN3O3S/c1-5-25-16(14(2)3)10-11-21-18(20-4)22-12-13-26(23,24)17-9-7-6-8-15(17)19/h6-9,14,16H,5,10-13H2,1-4H3,(H2,20,21,22). The topological polar surface area (TPSA) is 79.8 Å². The molecule has 6 nitrogen and oxygen atoms in total. The Morgan fingerprint density at radius 3 is 2.46 bits per heavy atom. The maximum absolute atomic E-state index is 13.7. The third-order valence-electron chi connectivity index (χ3n) is 3.90. The van der Waals surface area contributed by atoms with Gasteiger partial charge in [0.15, 0.2) is 15.8 Å². The average molecular weight is 388 g/mol. The predicted molar refractivity (Wildman–Crippen MR) is 103 cm³/mol. The van der Waals surface area contributed by atoms with Crippen molar-refractivity contribution in [1.29, 1.82) is 0 Å². The van der Waals surface area contributed by atoms with E-state index in [0.717, 1.165) is 12.5 Å². The van der Waals surface area contributed by atoms with Crippen LogP contribution in [0.15, 0.2) is 34.2 Å². The molecule has 0 saturated heterocycles. The van der Waals surface area contributed by atoms with Crippen LogP contribution in [0.5, 0.6) is 0 Å². The van der Waals surface area contributed by atoms with E-state index < -0.39 is 15.7 Å². The van der Waals surface area contributed by atoms with Gasteiger partial charge in [0, 0.05) is 26.7 Å². The van der Waals surface area contributed by atoms with Gasteiger partial charge in [0.05, 0.1) is 11.9 Å². The molecule has 1 atom stereocenters. The highest BCUT2D eigenvalue weighted by Crippen LogP contribution is 2.14. The van der Waals surface area contributed by atoms with Gasteiger partial charge >= 0.3 is 0 Å². The van der Waals surface area contributed by atoms with Crippen LogP contribution in [0.25, 0.3) is 0 Å². The van der Waals surface area contributed by atoms with E-state index in [1.165, 1.54) is 18.2 Å². The van der Waals surface area contributed by atoms with Crippen LogP contribution in [-0.4, -0.2) is 53.0 Å². The monoisotopic (exact) mass is 387 g/mol. The molecule has 0 aliphatic carbocycles. The molecular weight excluding hydrogens is 357 g/mol. The Hall–Kier alpha value is -1.67. The summed E-state index contributed by atoms with van der Waals surface area (Å²) in [6.07, 6.45) is 0.978. The minimum atomic E-state index is -3.69. The molecule has 1 aromatic carbocycles. The lowest BCUT2D eigenvalue weighted by molar-refractivity contribution is 0.0258. The van der Waals surface area contributed by atoms with Gasteiger partial charge in [-0.05, 0) is 31.4 Å². The highest BCUT2D eigenvalue weighted by atomic mass is 32.2. The summed E-state index contributed by atoms with van der Waals surface area (Å²) in [6.45, 7) is 7.66. The molecule has 26 heavy (non-hydrogen) atoms. The number of sulfone groups is 1. The zero-order valence-electron chi connectivity index (χ0n) is 16.0. The van der Waals surface area contributed by atoms with Crippen LogP contribution in [0.1, 0.15) is 27.2 Å². The second kappa shape index (κ2) is 11.1. The van der Waals surface area contributed by atoms with E-state index in [1.807, 2.05) is 6.92 Å². The molecule has 1 unspecified atom stereocenters. The van der Waals surface area contributed by atoms with E-state index in [-0.39, 0.29) is 23.3 Å². The first-order valence-electron chi connectivity index (χ1n) is 8.85. The Morgan fingerprint density at radius 2 is 1.88 bits per heavy atom. The van der Waals surface area contributed by atoms with Crippen molar-refractivity contribution in [2.75, 3.05) is 32.5 Å². The van der Waals surface area contributed by atoms with Crippen molar-refractivity contribution < 1.29 is 17.5 Å². The van der Waals surface area contributed by atoms with Crippen LogP contribution >= 0.6 is 0 Å². The molecule has 0 heterocycles. The Kier molecular flexibility index (Phi) is 9.58. The van der Waals surface area contributed by atoms with Gasteiger partial charge in [-0.25, -0.2) is 12.8 Å². The Labute approximate surface area is 156 Å². The zero-order valence-corrected chi connectivity index (χ0v) is 16.8. The molecular formula is C18H30FN3O3S. The minimum Gasteiger partial charge on any atom is -0.378 e. The molecule has 0 radical (unpaired) electrons. The summed E-state index contributed by atoms with van der Waals surface area (Å²) < 4.78 is 43.8. The van der Waals surface area contributed by atoms with Gasteiger partial charge in [0.1, 0.15) is 10.7 Å². The molecule has 0 saturated carbocycles. The van der Waals surface area contributed by atoms with Crippen LogP contribution in [0.4, 0.5) is 4.39 Å². The van der Waals surface area contributed by atoms with E-state index in [2.05, 4.69) is 29.5 Å². The number of ether oxygens (including phenoxy) is 1. The predicted octanol–water partition coefficient (Wildman–Crippen LogP) is 2.22. The first kappa shape index (κ1) is 22.4. The lowest BCUT2D eigenvalue weighted by Gasteiger charge is -2.21. The molecule has 1 aromatic rings. The lowest BCUT2D eigenvalue weighted by Crippen LogP contribution is -2.41. The molecule has 0 amide bonds. The zero-order chi connectivity index (χ0) is 19.6. The minimum absolute atomic E-state index is 0.134. The fourth-order valence-corrected chi connectivity index (χ4v) is 3.73. The fraction of sp³-hybridized carbons (Fsp3) is 0.611. The molecule has 1 rings (SSSR count). The molecule has 0 fully saturated rings. The van der Waals surface area contributed by atoms with Crippen molar-refractivity contribution in [3.63, 3.8) is 0 Å². The molecule has 0 aliphatic rings. The number of hydrogen-bond acceptors (Lipinski definition) is 4. The summed E-state index contributed by atoms with van der Waals surface area (Å²) in [5.41, 5.74) is 0. The first-order valence-corrected chi connectivity index (χ1v) is 10.5. The van der Waals surface area contributed by atoms with E-state index >= 15 is 0 Å². The van der Waals surface area contributed by atoms with Crippen molar-refractivity contribution in [3.05, 3.63) is 30.1 Å². The van der Waals surface area contributed by atoms with E-state index in [4.69, 9.17) is 4.74 Å². The smallest absolute Gasteiger partial charge is 0.191 e. The SMILES string of the molecule is CCOC(CCNC(=NC)NCCS(=O)(=O)c1ccccc1F)C(C)C. The molecule has 8 heteroatoms. The molecule has 0 aromatic heterocycles. The Morgan fingerprint density at radius 1 is 1.23 bits per heavy atom. The van der Waals surface area contributed by atoms with Gasteiger partial charge in [0.2, 0.25) is 0 Å². The summed E-state index contributed by atoms with van der Waals surface area (Å²) in [5.74, 6) is -0.0293. The second-order valence-electron chi connectivity index (χ2n) is 6.20.